The quantitative estimate of drug-likeness (QED) is 0.801. The van der Waals surface area contributed by atoms with Crippen LogP contribution in [-0.2, 0) is 11.8 Å². The van der Waals surface area contributed by atoms with Crippen LogP contribution in [0.1, 0.15) is 6.92 Å². The molecule has 0 radical (unpaired) electrons. The topological polar surface area (TPSA) is 60.3 Å². The number of anilines is 1. The van der Waals surface area contributed by atoms with Gasteiger partial charge in [-0.15, -0.1) is 0 Å². The molecule has 6 heteroatoms. The van der Waals surface area contributed by atoms with Gasteiger partial charge in [0.1, 0.15) is 5.75 Å². The number of carbonyl (C=O) groups is 1. The van der Waals surface area contributed by atoms with Gasteiger partial charge in [0, 0.05) is 12.7 Å². The Hall–Kier alpha value is -2.60. The SMILES string of the molecule is C[C@H](Oc1ccccc1)C(=O)Nc1ccc2c(c1)sc(=O)n2C. The molecule has 0 saturated carbocycles. The monoisotopic (exact) mass is 328 g/mol. The first-order chi connectivity index (χ1) is 11.0. The molecule has 0 saturated heterocycles. The molecular weight excluding hydrogens is 312 g/mol. The van der Waals surface area contributed by atoms with Crippen molar-refractivity contribution < 1.29 is 9.53 Å². The van der Waals surface area contributed by atoms with Crippen LogP contribution < -0.4 is 14.9 Å². The first-order valence-corrected chi connectivity index (χ1v) is 7.98. The van der Waals surface area contributed by atoms with Crippen LogP contribution in [0, 0.1) is 0 Å². The van der Waals surface area contributed by atoms with Gasteiger partial charge in [-0.05, 0) is 37.3 Å². The van der Waals surface area contributed by atoms with Crippen LogP contribution in [0.3, 0.4) is 0 Å². The lowest BCUT2D eigenvalue weighted by Gasteiger charge is -2.14. The number of nitrogens with one attached hydrogen (secondary N) is 1. The number of thiazole rings is 1. The molecule has 1 amide bonds. The molecule has 3 aromatic rings. The van der Waals surface area contributed by atoms with E-state index in [-0.39, 0.29) is 10.8 Å². The Labute approximate surface area is 137 Å². The molecule has 3 rings (SSSR count). The molecule has 118 valence electrons. The van der Waals surface area contributed by atoms with Crippen molar-refractivity contribution in [2.24, 2.45) is 7.05 Å². The van der Waals surface area contributed by atoms with Crippen molar-refractivity contribution in [3.63, 3.8) is 0 Å². The fraction of sp³-hybridized carbons (Fsp3) is 0.176. The van der Waals surface area contributed by atoms with Crippen LogP contribution in [0.25, 0.3) is 10.2 Å². The van der Waals surface area contributed by atoms with Crippen molar-refractivity contribution in [3.8, 4) is 5.75 Å². The number of hydrogen-bond donors (Lipinski definition) is 1. The normalized spacial score (nSPS) is 12.1. The van der Waals surface area contributed by atoms with Crippen LogP contribution in [0.5, 0.6) is 5.75 Å². The summed E-state index contributed by atoms with van der Waals surface area (Å²) < 4.78 is 8.03. The number of benzene rings is 2. The van der Waals surface area contributed by atoms with E-state index in [1.165, 1.54) is 0 Å². The second kappa shape index (κ2) is 6.26. The molecule has 0 aliphatic carbocycles. The van der Waals surface area contributed by atoms with Crippen LogP contribution >= 0.6 is 11.3 Å². The van der Waals surface area contributed by atoms with Crippen molar-refractivity contribution in [1.82, 2.24) is 4.57 Å². The van der Waals surface area contributed by atoms with Crippen LogP contribution in [0.15, 0.2) is 53.3 Å². The molecule has 0 aliphatic rings. The molecule has 0 bridgehead atoms. The van der Waals surface area contributed by atoms with Crippen molar-refractivity contribution in [3.05, 3.63) is 58.2 Å². The largest absolute Gasteiger partial charge is 0.481 e. The molecule has 2 aromatic carbocycles. The van der Waals surface area contributed by atoms with Gasteiger partial charge in [-0.25, -0.2) is 0 Å². The zero-order chi connectivity index (χ0) is 16.4. The lowest BCUT2D eigenvalue weighted by molar-refractivity contribution is -0.122. The number of aryl methyl sites for hydroxylation is 1. The van der Waals surface area contributed by atoms with Crippen molar-refractivity contribution in [2.75, 3.05) is 5.32 Å². The summed E-state index contributed by atoms with van der Waals surface area (Å²) in [7, 11) is 1.73. The lowest BCUT2D eigenvalue weighted by Crippen LogP contribution is -2.30. The highest BCUT2D eigenvalue weighted by Gasteiger charge is 2.15. The summed E-state index contributed by atoms with van der Waals surface area (Å²) in [5.41, 5.74) is 1.50. The minimum atomic E-state index is -0.623. The zero-order valence-corrected chi connectivity index (χ0v) is 13.6. The molecule has 23 heavy (non-hydrogen) atoms. The number of amides is 1. The van der Waals surface area contributed by atoms with Gasteiger partial charge in [-0.3, -0.25) is 9.59 Å². The lowest BCUT2D eigenvalue weighted by atomic mass is 10.2. The molecule has 0 fully saturated rings. The van der Waals surface area contributed by atoms with Crippen LogP contribution in [-0.4, -0.2) is 16.6 Å². The Morgan fingerprint density at radius 1 is 1.22 bits per heavy atom. The second-order valence-corrected chi connectivity index (χ2v) is 6.17. The Kier molecular flexibility index (Phi) is 4.16. The predicted octanol–water partition coefficient (Wildman–Crippen LogP) is 3.01. The highest BCUT2D eigenvalue weighted by Crippen LogP contribution is 2.21. The third kappa shape index (κ3) is 3.27. The fourth-order valence-electron chi connectivity index (χ4n) is 2.21. The molecule has 1 heterocycles. The number of ether oxygens (including phenoxy) is 1. The maximum Gasteiger partial charge on any atom is 0.307 e. The third-order valence-electron chi connectivity index (χ3n) is 3.49. The molecule has 1 aromatic heterocycles. The summed E-state index contributed by atoms with van der Waals surface area (Å²) in [6.45, 7) is 1.70. The second-order valence-electron chi connectivity index (χ2n) is 5.17. The van der Waals surface area contributed by atoms with Crippen molar-refractivity contribution in [1.29, 1.82) is 0 Å². The Balaban J connectivity index is 1.73. The highest BCUT2D eigenvalue weighted by molar-refractivity contribution is 7.16. The van der Waals surface area contributed by atoms with Crippen molar-refractivity contribution in [2.45, 2.75) is 13.0 Å². The molecule has 0 aliphatic heterocycles. The van der Waals surface area contributed by atoms with E-state index >= 15 is 0 Å². The average Bonchev–Trinajstić information content (AvgIpc) is 2.82. The number of hydrogen-bond acceptors (Lipinski definition) is 4. The van der Waals surface area contributed by atoms with Gasteiger partial charge in [0.2, 0.25) is 0 Å². The standard InChI is InChI=1S/C17H16N2O3S/c1-11(22-13-6-4-3-5-7-13)16(20)18-12-8-9-14-15(10-12)23-17(21)19(14)2/h3-11H,1-2H3,(H,18,20)/t11-/m0/s1. The number of aromatic nitrogens is 1. The minimum absolute atomic E-state index is 0.0238. The van der Waals surface area contributed by atoms with Crippen molar-refractivity contribution >= 4 is 33.1 Å². The van der Waals surface area contributed by atoms with E-state index in [0.29, 0.717) is 11.4 Å². The number of fused-ring (bicyclic) bond motifs is 1. The minimum Gasteiger partial charge on any atom is -0.481 e. The maximum atomic E-state index is 12.2. The summed E-state index contributed by atoms with van der Waals surface area (Å²) in [5.74, 6) is 0.406. The molecule has 1 atom stereocenters. The summed E-state index contributed by atoms with van der Waals surface area (Å²) in [5, 5.41) is 2.81. The number of rotatable bonds is 4. The van der Waals surface area contributed by atoms with E-state index in [1.54, 1.807) is 42.8 Å². The van der Waals surface area contributed by atoms with Gasteiger partial charge in [-0.1, -0.05) is 29.5 Å². The molecule has 0 unspecified atom stereocenters. The first kappa shape index (κ1) is 15.3. The molecule has 5 nitrogen and oxygen atoms in total. The molecular formula is C17H16N2O3S. The average molecular weight is 328 g/mol. The van der Waals surface area contributed by atoms with Gasteiger partial charge in [-0.2, -0.15) is 0 Å². The predicted molar refractivity (Wildman–Crippen MR) is 92.2 cm³/mol. The Morgan fingerprint density at radius 2 is 1.96 bits per heavy atom. The number of para-hydroxylation sites is 1. The van der Waals surface area contributed by atoms with E-state index in [9.17, 15) is 9.59 Å². The van der Waals surface area contributed by atoms with E-state index in [1.807, 2.05) is 24.3 Å². The van der Waals surface area contributed by atoms with E-state index in [2.05, 4.69) is 5.32 Å². The van der Waals surface area contributed by atoms with Crippen LogP contribution in [0.4, 0.5) is 5.69 Å². The van der Waals surface area contributed by atoms with Gasteiger partial charge < -0.3 is 14.6 Å². The smallest absolute Gasteiger partial charge is 0.307 e. The molecule has 0 spiro atoms. The van der Waals surface area contributed by atoms with E-state index < -0.39 is 6.10 Å². The summed E-state index contributed by atoms with van der Waals surface area (Å²) in [6, 6.07) is 14.6. The van der Waals surface area contributed by atoms with Gasteiger partial charge in [0.05, 0.1) is 10.2 Å². The summed E-state index contributed by atoms with van der Waals surface area (Å²) >= 11 is 1.16. The van der Waals surface area contributed by atoms with Crippen LogP contribution in [0.2, 0.25) is 0 Å². The molecule has 1 N–H and O–H groups in total. The number of nitrogens with zero attached hydrogens (tertiary/aromatic N) is 1. The van der Waals surface area contributed by atoms with Gasteiger partial charge in [0.15, 0.2) is 6.10 Å². The Morgan fingerprint density at radius 3 is 2.70 bits per heavy atom. The zero-order valence-electron chi connectivity index (χ0n) is 12.8. The summed E-state index contributed by atoms with van der Waals surface area (Å²) in [6.07, 6.45) is -0.623. The highest BCUT2D eigenvalue weighted by atomic mass is 32.1. The van der Waals surface area contributed by atoms with Gasteiger partial charge in [0.25, 0.3) is 5.91 Å². The maximum absolute atomic E-state index is 12.2. The van der Waals surface area contributed by atoms with E-state index in [4.69, 9.17) is 4.74 Å². The van der Waals surface area contributed by atoms with E-state index in [0.717, 1.165) is 21.6 Å². The summed E-state index contributed by atoms with van der Waals surface area (Å²) in [4.78, 5) is 23.9. The Bertz CT molecular complexity index is 899. The number of carbonyl (C=O) groups excluding carboxylic acids is 1. The van der Waals surface area contributed by atoms with Gasteiger partial charge >= 0.3 is 4.87 Å². The third-order valence-corrected chi connectivity index (χ3v) is 4.48. The fourth-order valence-corrected chi connectivity index (χ4v) is 3.13. The first-order valence-electron chi connectivity index (χ1n) is 7.17.